The van der Waals surface area contributed by atoms with Crippen LogP contribution in [0.1, 0.15) is 45.0 Å². The number of hydrogen-bond acceptors (Lipinski definition) is 9. The van der Waals surface area contributed by atoms with E-state index < -0.39 is 24.5 Å². The van der Waals surface area contributed by atoms with Gasteiger partial charge in [-0.3, -0.25) is 9.59 Å². The van der Waals surface area contributed by atoms with Gasteiger partial charge in [0.25, 0.3) is 5.91 Å². The van der Waals surface area contributed by atoms with Gasteiger partial charge in [-0.1, -0.05) is 0 Å². The molecule has 11 heteroatoms. The van der Waals surface area contributed by atoms with Crippen LogP contribution < -0.4 is 15.8 Å². The highest BCUT2D eigenvalue weighted by atomic mass is 32.1. The Morgan fingerprint density at radius 2 is 1.94 bits per heavy atom. The zero-order valence-electron chi connectivity index (χ0n) is 18.6. The number of nitrogens with one attached hydrogen (secondary N) is 1. The molecule has 176 valence electrons. The van der Waals surface area contributed by atoms with E-state index in [1.54, 1.807) is 11.8 Å². The van der Waals surface area contributed by atoms with Crippen molar-refractivity contribution in [3.05, 3.63) is 39.8 Å². The molecule has 0 spiro atoms. The number of hydrogen-bond donors (Lipinski definition) is 2. The van der Waals surface area contributed by atoms with Crippen LogP contribution in [0.15, 0.2) is 18.2 Å². The third kappa shape index (κ3) is 5.43. The van der Waals surface area contributed by atoms with E-state index in [1.807, 2.05) is 0 Å². The van der Waals surface area contributed by atoms with Crippen LogP contribution in [0, 0.1) is 0 Å². The number of nitrogen functional groups attached to an aromatic ring is 1. The molecule has 0 fully saturated rings. The minimum absolute atomic E-state index is 0.0663. The summed E-state index contributed by atoms with van der Waals surface area (Å²) in [5.41, 5.74) is 7.27. The second kappa shape index (κ2) is 10.3. The SMILES string of the molecule is CCOC(=O)c1c(NC(=O)COC(=O)c2ccc(OC)c(N)c2)sc2c1CCN(C(C)=O)C2. The fourth-order valence-electron chi connectivity index (χ4n) is 3.42. The van der Waals surface area contributed by atoms with Crippen LogP contribution in [0.4, 0.5) is 10.7 Å². The third-order valence-electron chi connectivity index (χ3n) is 5.03. The highest BCUT2D eigenvalue weighted by molar-refractivity contribution is 7.17. The Balaban J connectivity index is 1.72. The minimum atomic E-state index is -0.729. The number of thiophene rings is 1. The predicted molar refractivity (Wildman–Crippen MR) is 121 cm³/mol. The fraction of sp³-hybridized carbons (Fsp3) is 0.364. The Labute approximate surface area is 194 Å². The van der Waals surface area contributed by atoms with Gasteiger partial charge < -0.3 is 30.2 Å². The molecule has 0 aliphatic carbocycles. The first kappa shape index (κ1) is 24.1. The maximum absolute atomic E-state index is 12.6. The number of nitrogens with two attached hydrogens (primary N) is 1. The van der Waals surface area contributed by atoms with Gasteiger partial charge in [-0.2, -0.15) is 0 Å². The Morgan fingerprint density at radius 3 is 2.58 bits per heavy atom. The van der Waals surface area contributed by atoms with Gasteiger partial charge >= 0.3 is 11.9 Å². The number of fused-ring (bicyclic) bond motifs is 1. The Bertz CT molecular complexity index is 1100. The second-order valence-electron chi connectivity index (χ2n) is 7.20. The molecule has 3 rings (SSSR count). The summed E-state index contributed by atoms with van der Waals surface area (Å²) in [5.74, 6) is -1.54. The average molecular weight is 476 g/mol. The predicted octanol–water partition coefficient (Wildman–Crippen LogP) is 2.22. The van der Waals surface area contributed by atoms with Crippen molar-refractivity contribution in [1.82, 2.24) is 4.90 Å². The van der Waals surface area contributed by atoms with E-state index in [9.17, 15) is 19.2 Å². The molecule has 2 amide bonds. The number of methoxy groups -OCH3 is 1. The molecule has 0 radical (unpaired) electrons. The van der Waals surface area contributed by atoms with Gasteiger partial charge in [-0.25, -0.2) is 9.59 Å². The summed E-state index contributed by atoms with van der Waals surface area (Å²) in [6, 6.07) is 4.40. The summed E-state index contributed by atoms with van der Waals surface area (Å²) in [4.78, 5) is 51.5. The number of nitrogens with zero attached hydrogens (tertiary/aromatic N) is 1. The molecule has 2 aromatic rings. The van der Waals surface area contributed by atoms with Gasteiger partial charge in [0.05, 0.1) is 37.1 Å². The molecule has 1 aliphatic heterocycles. The standard InChI is InChI=1S/C22H25N3O7S/c1-4-31-22(29)19-14-7-8-25(12(2)26)10-17(14)33-20(19)24-18(27)11-32-21(28)13-5-6-16(30-3)15(23)9-13/h5-6,9H,4,7-8,10-11,23H2,1-3H3,(H,24,27). The van der Waals surface area contributed by atoms with Crippen LogP contribution in [-0.2, 0) is 32.0 Å². The third-order valence-corrected chi connectivity index (χ3v) is 6.17. The zero-order chi connectivity index (χ0) is 24.1. The van der Waals surface area contributed by atoms with Crippen molar-refractivity contribution >= 4 is 45.8 Å². The second-order valence-corrected chi connectivity index (χ2v) is 8.31. The molecule has 10 nitrogen and oxygen atoms in total. The molecular weight excluding hydrogens is 450 g/mol. The van der Waals surface area contributed by atoms with Gasteiger partial charge in [-0.15, -0.1) is 11.3 Å². The molecular formula is C22H25N3O7S. The van der Waals surface area contributed by atoms with Gasteiger partial charge in [-0.05, 0) is 37.1 Å². The molecule has 33 heavy (non-hydrogen) atoms. The van der Waals surface area contributed by atoms with Crippen LogP contribution >= 0.6 is 11.3 Å². The molecule has 0 unspecified atom stereocenters. The van der Waals surface area contributed by atoms with Crippen molar-refractivity contribution in [3.63, 3.8) is 0 Å². The number of anilines is 2. The number of carbonyl (C=O) groups excluding carboxylic acids is 4. The van der Waals surface area contributed by atoms with E-state index >= 15 is 0 Å². The van der Waals surface area contributed by atoms with Gasteiger partial charge in [0.1, 0.15) is 10.8 Å². The maximum Gasteiger partial charge on any atom is 0.341 e. The number of benzene rings is 1. The quantitative estimate of drug-likeness (QED) is 0.459. The van der Waals surface area contributed by atoms with Crippen LogP contribution in [0.3, 0.4) is 0 Å². The summed E-state index contributed by atoms with van der Waals surface area (Å²) in [6.45, 7) is 3.62. The Kier molecular flexibility index (Phi) is 7.54. The van der Waals surface area contributed by atoms with Crippen molar-refractivity contribution in [2.45, 2.75) is 26.8 Å². The molecule has 2 heterocycles. The van der Waals surface area contributed by atoms with E-state index in [4.69, 9.17) is 19.9 Å². The van der Waals surface area contributed by atoms with Crippen molar-refractivity contribution in [3.8, 4) is 5.75 Å². The van der Waals surface area contributed by atoms with E-state index in [2.05, 4.69) is 5.32 Å². The molecule has 0 saturated carbocycles. The molecule has 1 aromatic carbocycles. The first-order chi connectivity index (χ1) is 15.7. The molecule has 3 N–H and O–H groups in total. The average Bonchev–Trinajstić information content (AvgIpc) is 3.14. The van der Waals surface area contributed by atoms with Crippen LogP contribution in [0.25, 0.3) is 0 Å². The molecule has 0 atom stereocenters. The van der Waals surface area contributed by atoms with E-state index in [1.165, 1.54) is 43.6 Å². The lowest BCUT2D eigenvalue weighted by Gasteiger charge is -2.25. The van der Waals surface area contributed by atoms with E-state index in [-0.39, 0.29) is 29.3 Å². The largest absolute Gasteiger partial charge is 0.495 e. The monoisotopic (exact) mass is 475 g/mol. The summed E-state index contributed by atoms with van der Waals surface area (Å²) in [6.07, 6.45) is 0.476. The molecule has 1 aliphatic rings. The lowest BCUT2D eigenvalue weighted by molar-refractivity contribution is -0.129. The smallest absolute Gasteiger partial charge is 0.341 e. The first-order valence-corrected chi connectivity index (χ1v) is 11.0. The zero-order valence-corrected chi connectivity index (χ0v) is 19.4. The van der Waals surface area contributed by atoms with Gasteiger partial charge in [0.2, 0.25) is 5.91 Å². The first-order valence-electron chi connectivity index (χ1n) is 10.2. The van der Waals surface area contributed by atoms with Crippen LogP contribution in [-0.4, -0.2) is 55.5 Å². The number of esters is 2. The van der Waals surface area contributed by atoms with E-state index in [0.29, 0.717) is 30.3 Å². The van der Waals surface area contributed by atoms with Gasteiger partial charge in [0, 0.05) is 18.3 Å². The summed E-state index contributed by atoms with van der Waals surface area (Å²) in [7, 11) is 1.46. The summed E-state index contributed by atoms with van der Waals surface area (Å²) in [5, 5.41) is 2.95. The number of ether oxygens (including phenoxy) is 3. The highest BCUT2D eigenvalue weighted by Gasteiger charge is 2.30. The molecule has 0 bridgehead atoms. The van der Waals surface area contributed by atoms with Crippen LogP contribution in [0.5, 0.6) is 5.75 Å². The van der Waals surface area contributed by atoms with Crippen molar-refractivity contribution < 1.29 is 33.4 Å². The normalized spacial score (nSPS) is 12.5. The van der Waals surface area contributed by atoms with Gasteiger partial charge in [0.15, 0.2) is 6.61 Å². The summed E-state index contributed by atoms with van der Waals surface area (Å²) >= 11 is 1.20. The van der Waals surface area contributed by atoms with Crippen molar-refractivity contribution in [1.29, 1.82) is 0 Å². The summed E-state index contributed by atoms with van der Waals surface area (Å²) < 4.78 is 15.3. The maximum atomic E-state index is 12.6. The Morgan fingerprint density at radius 1 is 1.18 bits per heavy atom. The molecule has 0 saturated heterocycles. The fourth-order valence-corrected chi connectivity index (χ4v) is 4.69. The molecule has 1 aromatic heterocycles. The lowest BCUT2D eigenvalue weighted by atomic mass is 10.0. The highest BCUT2D eigenvalue weighted by Crippen LogP contribution is 2.37. The van der Waals surface area contributed by atoms with Crippen molar-refractivity contribution in [2.75, 3.05) is 37.9 Å². The lowest BCUT2D eigenvalue weighted by Crippen LogP contribution is -2.34. The Hall–Kier alpha value is -3.60. The number of amides is 2. The van der Waals surface area contributed by atoms with E-state index in [0.717, 1.165) is 10.4 Å². The minimum Gasteiger partial charge on any atom is -0.495 e. The van der Waals surface area contributed by atoms with Crippen LogP contribution in [0.2, 0.25) is 0 Å². The topological polar surface area (TPSA) is 137 Å². The number of carbonyl (C=O) groups is 4. The number of rotatable bonds is 7. The van der Waals surface area contributed by atoms with Crippen molar-refractivity contribution in [2.24, 2.45) is 0 Å².